The molecule has 2 nitrogen and oxygen atoms in total. The van der Waals surface area contributed by atoms with Crippen molar-refractivity contribution in [3.05, 3.63) is 0 Å². The molecule has 1 saturated heterocycles. The molecule has 88 valence electrons. The van der Waals surface area contributed by atoms with Gasteiger partial charge in [-0.1, -0.05) is 20.3 Å². The SMILES string of the molecule is CCCC1CC1N1CCC(N)C(C)C1C. The highest BCUT2D eigenvalue weighted by Crippen LogP contribution is 2.42. The van der Waals surface area contributed by atoms with Crippen LogP contribution in [0.25, 0.3) is 0 Å². The van der Waals surface area contributed by atoms with Crippen molar-refractivity contribution < 1.29 is 0 Å². The van der Waals surface area contributed by atoms with Gasteiger partial charge in [-0.05, 0) is 38.0 Å². The second-order valence-corrected chi connectivity index (χ2v) is 5.64. The average Bonchev–Trinajstić information content (AvgIpc) is 2.95. The quantitative estimate of drug-likeness (QED) is 0.774. The van der Waals surface area contributed by atoms with Crippen LogP contribution in [0.2, 0.25) is 0 Å². The summed E-state index contributed by atoms with van der Waals surface area (Å²) in [6.07, 6.45) is 5.41. The first-order valence-corrected chi connectivity index (χ1v) is 6.66. The smallest absolute Gasteiger partial charge is 0.0130 e. The average molecular weight is 210 g/mol. The molecule has 1 saturated carbocycles. The Morgan fingerprint density at radius 1 is 1.33 bits per heavy atom. The molecular formula is C13H26N2. The summed E-state index contributed by atoms with van der Waals surface area (Å²) in [6.45, 7) is 8.22. The molecule has 2 heteroatoms. The topological polar surface area (TPSA) is 29.3 Å². The molecule has 5 atom stereocenters. The lowest BCUT2D eigenvalue weighted by atomic mass is 9.87. The third-order valence-electron chi connectivity index (χ3n) is 4.65. The summed E-state index contributed by atoms with van der Waals surface area (Å²) in [5.41, 5.74) is 6.12. The molecule has 0 spiro atoms. The van der Waals surface area contributed by atoms with E-state index in [0.29, 0.717) is 18.0 Å². The normalized spacial score (nSPS) is 46.8. The molecule has 1 aliphatic heterocycles. The predicted molar refractivity (Wildman–Crippen MR) is 64.7 cm³/mol. The van der Waals surface area contributed by atoms with Gasteiger partial charge in [-0.15, -0.1) is 0 Å². The molecule has 2 N–H and O–H groups in total. The summed E-state index contributed by atoms with van der Waals surface area (Å²) in [4.78, 5) is 2.73. The van der Waals surface area contributed by atoms with Crippen molar-refractivity contribution in [2.24, 2.45) is 17.6 Å². The Labute approximate surface area is 94.2 Å². The van der Waals surface area contributed by atoms with Crippen molar-refractivity contribution >= 4 is 0 Å². The fourth-order valence-corrected chi connectivity index (χ4v) is 3.21. The Balaban J connectivity index is 1.89. The molecule has 1 heterocycles. The van der Waals surface area contributed by atoms with Gasteiger partial charge in [0.25, 0.3) is 0 Å². The largest absolute Gasteiger partial charge is 0.327 e. The first-order valence-electron chi connectivity index (χ1n) is 6.66. The Hall–Kier alpha value is -0.0800. The van der Waals surface area contributed by atoms with E-state index in [9.17, 15) is 0 Å². The van der Waals surface area contributed by atoms with Crippen LogP contribution < -0.4 is 5.73 Å². The maximum atomic E-state index is 6.12. The molecule has 1 aliphatic carbocycles. The summed E-state index contributed by atoms with van der Waals surface area (Å²) in [5, 5.41) is 0. The molecule has 15 heavy (non-hydrogen) atoms. The van der Waals surface area contributed by atoms with Crippen molar-refractivity contribution in [2.75, 3.05) is 6.54 Å². The Morgan fingerprint density at radius 3 is 2.73 bits per heavy atom. The lowest BCUT2D eigenvalue weighted by molar-refractivity contribution is 0.0848. The maximum Gasteiger partial charge on any atom is 0.0130 e. The first kappa shape index (κ1) is 11.4. The van der Waals surface area contributed by atoms with E-state index in [1.54, 1.807) is 0 Å². The van der Waals surface area contributed by atoms with Crippen LogP contribution in [0.3, 0.4) is 0 Å². The number of piperidine rings is 1. The molecular weight excluding hydrogens is 184 g/mol. The van der Waals surface area contributed by atoms with E-state index in [1.165, 1.54) is 32.2 Å². The highest BCUT2D eigenvalue weighted by atomic mass is 15.2. The predicted octanol–water partition coefficient (Wildman–Crippen LogP) is 2.23. The Kier molecular flexibility index (Phi) is 3.36. The Morgan fingerprint density at radius 2 is 2.07 bits per heavy atom. The fraction of sp³-hybridized carbons (Fsp3) is 1.00. The molecule has 2 aliphatic rings. The van der Waals surface area contributed by atoms with Crippen LogP contribution in [-0.2, 0) is 0 Å². The van der Waals surface area contributed by atoms with Crippen LogP contribution >= 0.6 is 0 Å². The number of nitrogens with two attached hydrogens (primary N) is 1. The van der Waals surface area contributed by atoms with E-state index in [1.807, 2.05) is 0 Å². The third kappa shape index (κ3) is 2.21. The monoisotopic (exact) mass is 210 g/mol. The van der Waals surface area contributed by atoms with Gasteiger partial charge in [-0.3, -0.25) is 4.90 Å². The van der Waals surface area contributed by atoms with Crippen LogP contribution in [0.5, 0.6) is 0 Å². The van der Waals surface area contributed by atoms with Crippen molar-refractivity contribution in [1.29, 1.82) is 0 Å². The van der Waals surface area contributed by atoms with Gasteiger partial charge in [0.1, 0.15) is 0 Å². The number of likely N-dealkylation sites (tertiary alicyclic amines) is 1. The third-order valence-corrected chi connectivity index (χ3v) is 4.65. The molecule has 2 rings (SSSR count). The van der Waals surface area contributed by atoms with Crippen LogP contribution in [0, 0.1) is 11.8 Å². The van der Waals surface area contributed by atoms with Crippen LogP contribution in [0.4, 0.5) is 0 Å². The van der Waals surface area contributed by atoms with E-state index in [2.05, 4.69) is 25.7 Å². The van der Waals surface area contributed by atoms with Gasteiger partial charge >= 0.3 is 0 Å². The summed E-state index contributed by atoms with van der Waals surface area (Å²) < 4.78 is 0. The molecule has 0 amide bonds. The van der Waals surface area contributed by atoms with E-state index >= 15 is 0 Å². The van der Waals surface area contributed by atoms with E-state index in [-0.39, 0.29) is 0 Å². The summed E-state index contributed by atoms with van der Waals surface area (Å²) in [7, 11) is 0. The number of hydrogen-bond donors (Lipinski definition) is 1. The van der Waals surface area contributed by atoms with Crippen LogP contribution in [-0.4, -0.2) is 29.6 Å². The van der Waals surface area contributed by atoms with Gasteiger partial charge < -0.3 is 5.73 Å². The lowest BCUT2D eigenvalue weighted by Gasteiger charge is -2.42. The highest BCUT2D eigenvalue weighted by molar-refractivity contribution is 5.00. The summed E-state index contributed by atoms with van der Waals surface area (Å²) >= 11 is 0. The maximum absolute atomic E-state index is 6.12. The van der Waals surface area contributed by atoms with Gasteiger partial charge in [0.15, 0.2) is 0 Å². The first-order chi connectivity index (χ1) is 7.15. The minimum Gasteiger partial charge on any atom is -0.327 e. The van der Waals surface area contributed by atoms with Gasteiger partial charge in [0.2, 0.25) is 0 Å². The van der Waals surface area contributed by atoms with Crippen molar-refractivity contribution in [3.63, 3.8) is 0 Å². The second kappa shape index (κ2) is 4.42. The van der Waals surface area contributed by atoms with Crippen molar-refractivity contribution in [2.45, 2.75) is 64.6 Å². The number of nitrogens with zero attached hydrogens (tertiary/aromatic N) is 1. The zero-order valence-corrected chi connectivity index (χ0v) is 10.4. The molecule has 0 radical (unpaired) electrons. The van der Waals surface area contributed by atoms with Crippen LogP contribution in [0.1, 0.15) is 46.5 Å². The second-order valence-electron chi connectivity index (χ2n) is 5.64. The van der Waals surface area contributed by atoms with Gasteiger partial charge in [0.05, 0.1) is 0 Å². The summed E-state index contributed by atoms with van der Waals surface area (Å²) in [6, 6.07) is 2.02. The molecule has 0 aromatic carbocycles. The Bertz CT molecular complexity index is 217. The number of rotatable bonds is 3. The fourth-order valence-electron chi connectivity index (χ4n) is 3.21. The lowest BCUT2D eigenvalue weighted by Crippen LogP contribution is -2.52. The zero-order valence-electron chi connectivity index (χ0n) is 10.4. The van der Waals surface area contributed by atoms with Gasteiger partial charge in [0, 0.05) is 24.7 Å². The van der Waals surface area contributed by atoms with E-state index < -0.39 is 0 Å². The van der Waals surface area contributed by atoms with E-state index in [4.69, 9.17) is 5.73 Å². The minimum absolute atomic E-state index is 0.430. The van der Waals surface area contributed by atoms with Gasteiger partial charge in [-0.2, -0.15) is 0 Å². The molecule has 2 fully saturated rings. The minimum atomic E-state index is 0.430. The molecule has 0 aromatic heterocycles. The van der Waals surface area contributed by atoms with Crippen molar-refractivity contribution in [3.8, 4) is 0 Å². The van der Waals surface area contributed by atoms with Crippen molar-refractivity contribution in [1.82, 2.24) is 4.90 Å². The summed E-state index contributed by atoms with van der Waals surface area (Å²) in [5.74, 6) is 1.67. The molecule has 5 unspecified atom stereocenters. The van der Waals surface area contributed by atoms with Gasteiger partial charge in [-0.25, -0.2) is 0 Å². The highest BCUT2D eigenvalue weighted by Gasteiger charge is 2.45. The van der Waals surface area contributed by atoms with Crippen LogP contribution in [0.15, 0.2) is 0 Å². The molecule has 0 aromatic rings. The standard InChI is InChI=1S/C13H26N2/c1-4-5-11-8-13(11)15-7-6-12(14)9(2)10(15)3/h9-13H,4-8,14H2,1-3H3. The number of hydrogen-bond acceptors (Lipinski definition) is 2. The zero-order chi connectivity index (χ0) is 11.0. The molecule has 0 bridgehead atoms. The van der Waals surface area contributed by atoms with E-state index in [0.717, 1.165) is 12.0 Å².